The van der Waals surface area contributed by atoms with Crippen LogP contribution in [0.3, 0.4) is 0 Å². The molecule has 2 aromatic carbocycles. The Balaban J connectivity index is 1.68. The number of nitrogens with two attached hydrogens (primary N) is 1. The highest BCUT2D eigenvalue weighted by molar-refractivity contribution is 7.89. The normalized spacial score (nSPS) is 11.3. The minimum atomic E-state index is -3.70. The van der Waals surface area contributed by atoms with Gasteiger partial charge >= 0.3 is 0 Å². The molecule has 3 aromatic rings. The maximum Gasteiger partial charge on any atom is 0.292 e. The fraction of sp³-hybridized carbons (Fsp3) is 0.111. The SMILES string of the molecule is NS(=O)(=O)c1ccc(CCNc2cnn(-c3ccccc3)c(=O)c2Cl)cc1. The lowest BCUT2D eigenvalue weighted by Gasteiger charge is -2.10. The molecule has 0 spiro atoms. The number of aromatic nitrogens is 2. The first-order valence-corrected chi connectivity index (χ1v) is 9.97. The molecule has 0 aliphatic heterocycles. The van der Waals surface area contributed by atoms with Gasteiger partial charge in [0.1, 0.15) is 5.02 Å². The predicted octanol–water partition coefficient (Wildman–Crippen LogP) is 2.19. The Hall–Kier alpha value is -2.68. The van der Waals surface area contributed by atoms with Crippen molar-refractivity contribution in [3.05, 3.63) is 81.7 Å². The van der Waals surface area contributed by atoms with Gasteiger partial charge in [-0.2, -0.15) is 9.78 Å². The van der Waals surface area contributed by atoms with Gasteiger partial charge in [0.05, 0.1) is 22.5 Å². The third-order valence-electron chi connectivity index (χ3n) is 3.90. The maximum absolute atomic E-state index is 12.4. The quantitative estimate of drug-likeness (QED) is 0.654. The molecule has 0 amide bonds. The van der Waals surface area contributed by atoms with Gasteiger partial charge in [0.2, 0.25) is 10.0 Å². The van der Waals surface area contributed by atoms with Gasteiger partial charge in [-0.3, -0.25) is 4.79 Å². The second kappa shape index (κ2) is 7.91. The van der Waals surface area contributed by atoms with E-state index in [9.17, 15) is 13.2 Å². The number of benzene rings is 2. The Morgan fingerprint density at radius 2 is 1.74 bits per heavy atom. The third kappa shape index (κ3) is 4.54. The molecule has 0 bridgehead atoms. The van der Waals surface area contributed by atoms with Gasteiger partial charge in [0, 0.05) is 6.54 Å². The molecule has 1 aromatic heterocycles. The van der Waals surface area contributed by atoms with Crippen LogP contribution in [-0.2, 0) is 16.4 Å². The summed E-state index contributed by atoms with van der Waals surface area (Å²) >= 11 is 6.18. The lowest BCUT2D eigenvalue weighted by molar-refractivity contribution is 0.598. The number of sulfonamides is 1. The first kappa shape index (κ1) is 19.1. The summed E-state index contributed by atoms with van der Waals surface area (Å²) in [7, 11) is -3.70. The Kier molecular flexibility index (Phi) is 5.59. The average Bonchev–Trinajstić information content (AvgIpc) is 2.66. The summed E-state index contributed by atoms with van der Waals surface area (Å²) in [6.45, 7) is 0.491. The van der Waals surface area contributed by atoms with E-state index < -0.39 is 15.6 Å². The van der Waals surface area contributed by atoms with Crippen LogP contribution >= 0.6 is 11.6 Å². The topological polar surface area (TPSA) is 107 Å². The summed E-state index contributed by atoms with van der Waals surface area (Å²) in [6, 6.07) is 15.3. The van der Waals surface area contributed by atoms with Gasteiger partial charge in [-0.25, -0.2) is 13.6 Å². The molecule has 0 radical (unpaired) electrons. The molecule has 0 fully saturated rings. The van der Waals surface area contributed by atoms with Crippen molar-refractivity contribution in [2.75, 3.05) is 11.9 Å². The maximum atomic E-state index is 12.4. The van der Waals surface area contributed by atoms with Crippen molar-refractivity contribution in [3.8, 4) is 5.69 Å². The summed E-state index contributed by atoms with van der Waals surface area (Å²) in [5, 5.41) is 12.4. The molecule has 9 heteroatoms. The second-order valence-electron chi connectivity index (χ2n) is 5.79. The van der Waals surface area contributed by atoms with Crippen LogP contribution in [0.5, 0.6) is 0 Å². The van der Waals surface area contributed by atoms with E-state index in [-0.39, 0.29) is 9.92 Å². The molecule has 0 aliphatic rings. The van der Waals surface area contributed by atoms with E-state index in [0.29, 0.717) is 24.3 Å². The molecule has 7 nitrogen and oxygen atoms in total. The van der Waals surface area contributed by atoms with Crippen molar-refractivity contribution >= 4 is 27.3 Å². The lowest BCUT2D eigenvalue weighted by Crippen LogP contribution is -2.23. The molecule has 0 saturated carbocycles. The van der Waals surface area contributed by atoms with Crippen LogP contribution < -0.4 is 16.0 Å². The van der Waals surface area contributed by atoms with Crippen LogP contribution in [0.4, 0.5) is 5.69 Å². The van der Waals surface area contributed by atoms with Crippen LogP contribution in [0.1, 0.15) is 5.56 Å². The number of hydrogen-bond donors (Lipinski definition) is 2. The zero-order valence-electron chi connectivity index (χ0n) is 14.2. The van der Waals surface area contributed by atoms with Gasteiger partial charge in [0.25, 0.3) is 5.56 Å². The van der Waals surface area contributed by atoms with E-state index in [1.165, 1.54) is 23.0 Å². The van der Waals surface area contributed by atoms with Crippen molar-refractivity contribution in [2.45, 2.75) is 11.3 Å². The van der Waals surface area contributed by atoms with E-state index in [1.54, 1.807) is 24.3 Å². The number of nitrogens with one attached hydrogen (secondary N) is 1. The molecule has 0 atom stereocenters. The third-order valence-corrected chi connectivity index (χ3v) is 5.20. The molecule has 1 heterocycles. The number of hydrogen-bond acceptors (Lipinski definition) is 5. The van der Waals surface area contributed by atoms with E-state index in [0.717, 1.165) is 5.56 Å². The van der Waals surface area contributed by atoms with Crippen LogP contribution in [-0.4, -0.2) is 24.7 Å². The molecule has 0 saturated heterocycles. The highest BCUT2D eigenvalue weighted by Crippen LogP contribution is 2.17. The highest BCUT2D eigenvalue weighted by Gasteiger charge is 2.10. The Morgan fingerprint density at radius 3 is 2.37 bits per heavy atom. The first-order chi connectivity index (χ1) is 12.9. The summed E-state index contributed by atoms with van der Waals surface area (Å²) in [5.41, 5.74) is 1.57. The molecule has 0 unspecified atom stereocenters. The lowest BCUT2D eigenvalue weighted by atomic mass is 10.1. The summed E-state index contributed by atoms with van der Waals surface area (Å²) in [6.07, 6.45) is 2.10. The molecule has 27 heavy (non-hydrogen) atoms. The Morgan fingerprint density at radius 1 is 1.07 bits per heavy atom. The molecule has 0 aliphatic carbocycles. The minimum Gasteiger partial charge on any atom is -0.382 e. The number of anilines is 1. The standard InChI is InChI=1S/C18H17ClN4O3S/c19-17-16(12-22-23(18(17)24)14-4-2-1-3-5-14)21-11-10-13-6-8-15(9-7-13)27(20,25)26/h1-9,12,21H,10-11H2,(H2,20,25,26). The number of nitrogens with zero attached hydrogens (tertiary/aromatic N) is 2. The largest absolute Gasteiger partial charge is 0.382 e. The number of halogens is 1. The van der Waals surface area contributed by atoms with Crippen LogP contribution in [0.2, 0.25) is 5.02 Å². The van der Waals surface area contributed by atoms with Gasteiger partial charge in [-0.05, 0) is 36.2 Å². The van der Waals surface area contributed by atoms with Gasteiger partial charge in [0.15, 0.2) is 0 Å². The van der Waals surface area contributed by atoms with Crippen molar-refractivity contribution in [1.29, 1.82) is 0 Å². The van der Waals surface area contributed by atoms with Crippen molar-refractivity contribution in [1.82, 2.24) is 9.78 Å². The van der Waals surface area contributed by atoms with Gasteiger partial charge in [-0.1, -0.05) is 41.9 Å². The van der Waals surface area contributed by atoms with E-state index >= 15 is 0 Å². The fourth-order valence-electron chi connectivity index (χ4n) is 2.50. The predicted molar refractivity (Wildman–Crippen MR) is 105 cm³/mol. The zero-order valence-corrected chi connectivity index (χ0v) is 15.7. The number of para-hydroxylation sites is 1. The molecule has 140 valence electrons. The average molecular weight is 405 g/mol. The monoisotopic (exact) mass is 404 g/mol. The van der Waals surface area contributed by atoms with E-state index in [2.05, 4.69) is 10.4 Å². The second-order valence-corrected chi connectivity index (χ2v) is 7.73. The van der Waals surface area contributed by atoms with Gasteiger partial charge < -0.3 is 5.32 Å². The summed E-state index contributed by atoms with van der Waals surface area (Å²) in [4.78, 5) is 12.5. The van der Waals surface area contributed by atoms with Gasteiger partial charge in [-0.15, -0.1) is 0 Å². The molecular weight excluding hydrogens is 388 g/mol. The van der Waals surface area contributed by atoms with Crippen molar-refractivity contribution < 1.29 is 8.42 Å². The van der Waals surface area contributed by atoms with Crippen molar-refractivity contribution in [3.63, 3.8) is 0 Å². The van der Waals surface area contributed by atoms with Crippen LogP contribution in [0.15, 0.2) is 70.5 Å². The summed E-state index contributed by atoms with van der Waals surface area (Å²) in [5.74, 6) is 0. The molecular formula is C18H17ClN4O3S. The summed E-state index contributed by atoms with van der Waals surface area (Å²) < 4.78 is 23.7. The Bertz CT molecular complexity index is 1100. The van der Waals surface area contributed by atoms with Crippen molar-refractivity contribution in [2.24, 2.45) is 5.14 Å². The Labute approximate surface area is 161 Å². The number of rotatable bonds is 6. The zero-order chi connectivity index (χ0) is 19.4. The minimum absolute atomic E-state index is 0.0541. The molecule has 3 N–H and O–H groups in total. The number of primary sulfonamides is 1. The van der Waals surface area contributed by atoms with Crippen LogP contribution in [0, 0.1) is 0 Å². The van der Waals surface area contributed by atoms with Crippen LogP contribution in [0.25, 0.3) is 5.69 Å². The smallest absolute Gasteiger partial charge is 0.292 e. The highest BCUT2D eigenvalue weighted by atomic mass is 35.5. The first-order valence-electron chi connectivity index (χ1n) is 8.05. The fourth-order valence-corrected chi connectivity index (χ4v) is 3.21. The van der Waals surface area contributed by atoms with E-state index in [1.807, 2.05) is 18.2 Å². The molecule has 3 rings (SSSR count). The van der Waals surface area contributed by atoms with E-state index in [4.69, 9.17) is 16.7 Å².